The maximum absolute atomic E-state index is 12.5. The van der Waals surface area contributed by atoms with Crippen molar-refractivity contribution in [3.05, 3.63) is 69.8 Å². The fraction of sp³-hybridized carbons (Fsp3) is 0.385. The molecule has 3 rings (SSSR count). The minimum absolute atomic E-state index is 0.0328. The Morgan fingerprint density at radius 1 is 1.10 bits per heavy atom. The molecule has 1 N–H and O–H groups in total. The van der Waals surface area contributed by atoms with Crippen LogP contribution < -0.4 is 0 Å². The number of benzene rings is 2. The summed E-state index contributed by atoms with van der Waals surface area (Å²) in [6, 6.07) is 11.5. The summed E-state index contributed by atoms with van der Waals surface area (Å²) in [6.45, 7) is 9.84. The van der Waals surface area contributed by atoms with Crippen LogP contribution in [0.2, 0.25) is 0 Å². The molecule has 3 nitrogen and oxygen atoms in total. The summed E-state index contributed by atoms with van der Waals surface area (Å²) in [6.07, 6.45) is 2.27. The maximum atomic E-state index is 12.5. The van der Waals surface area contributed by atoms with Gasteiger partial charge in [0.1, 0.15) is 0 Å². The first-order valence-electron chi connectivity index (χ1n) is 10.1. The number of hydrogen-bond acceptors (Lipinski definition) is 2. The van der Waals surface area contributed by atoms with Crippen LogP contribution in [0, 0.1) is 11.8 Å². The molecular weight excluding hydrogens is 360 g/mol. The number of fused-ring (bicyclic) bond motifs is 1. The number of carbonyl (C=O) groups is 2. The highest BCUT2D eigenvalue weighted by molar-refractivity contribution is 6.00. The van der Waals surface area contributed by atoms with E-state index in [0.29, 0.717) is 6.42 Å². The zero-order valence-corrected chi connectivity index (χ0v) is 17.8. The van der Waals surface area contributed by atoms with Gasteiger partial charge in [-0.3, -0.25) is 9.59 Å². The average molecular weight is 389 g/mol. The van der Waals surface area contributed by atoms with Crippen LogP contribution in [0.5, 0.6) is 0 Å². The number of Topliss-reactive ketones (excluding diaryl/α,β-unsaturated/α-hetero) is 1. The standard InChI is InChI=1S/C26H28O3/c1-6-19-15-18(16-21-23(19)22(27)13-14-25(21,2)3)8-7-17-9-11-20(12-10-17)26(4,5)24(28)29/h9-12,15-16H,6,13-14H2,1-5H3,(H,28,29). The Bertz CT molecular complexity index is 1030. The molecule has 0 atom stereocenters. The number of rotatable bonds is 3. The quantitative estimate of drug-likeness (QED) is 0.729. The van der Waals surface area contributed by atoms with E-state index in [1.54, 1.807) is 13.8 Å². The summed E-state index contributed by atoms with van der Waals surface area (Å²) < 4.78 is 0. The van der Waals surface area contributed by atoms with Crippen molar-refractivity contribution in [1.29, 1.82) is 0 Å². The van der Waals surface area contributed by atoms with Crippen LogP contribution >= 0.6 is 0 Å². The lowest BCUT2D eigenvalue weighted by Crippen LogP contribution is -2.28. The summed E-state index contributed by atoms with van der Waals surface area (Å²) in [5, 5.41) is 9.37. The Balaban J connectivity index is 1.98. The first-order chi connectivity index (χ1) is 13.6. The van der Waals surface area contributed by atoms with Gasteiger partial charge in [0.05, 0.1) is 5.41 Å². The van der Waals surface area contributed by atoms with Crippen LogP contribution in [-0.2, 0) is 22.0 Å². The highest BCUT2D eigenvalue weighted by Crippen LogP contribution is 2.39. The number of carboxylic acid groups (broad SMARTS) is 1. The van der Waals surface area contributed by atoms with Gasteiger partial charge in [-0.15, -0.1) is 0 Å². The molecule has 0 aromatic heterocycles. The second-order valence-corrected chi connectivity index (χ2v) is 8.98. The fourth-order valence-electron chi connectivity index (χ4n) is 3.84. The lowest BCUT2D eigenvalue weighted by molar-refractivity contribution is -0.142. The van der Waals surface area contributed by atoms with Gasteiger partial charge in [0.2, 0.25) is 0 Å². The maximum Gasteiger partial charge on any atom is 0.313 e. The van der Waals surface area contributed by atoms with Gasteiger partial charge < -0.3 is 5.11 Å². The zero-order chi connectivity index (χ0) is 21.4. The lowest BCUT2D eigenvalue weighted by Gasteiger charge is -2.33. The summed E-state index contributed by atoms with van der Waals surface area (Å²) in [4.78, 5) is 23.9. The second kappa shape index (κ2) is 7.52. The van der Waals surface area contributed by atoms with Crippen molar-refractivity contribution < 1.29 is 14.7 Å². The van der Waals surface area contributed by atoms with Crippen molar-refractivity contribution >= 4 is 11.8 Å². The number of aliphatic carboxylic acids is 1. The normalized spacial score (nSPS) is 15.3. The van der Waals surface area contributed by atoms with Gasteiger partial charge >= 0.3 is 5.97 Å². The van der Waals surface area contributed by atoms with E-state index in [9.17, 15) is 14.7 Å². The van der Waals surface area contributed by atoms with E-state index in [4.69, 9.17) is 0 Å². The molecule has 0 amide bonds. The van der Waals surface area contributed by atoms with E-state index in [0.717, 1.165) is 46.2 Å². The molecule has 0 spiro atoms. The molecule has 0 aliphatic heterocycles. The number of ketones is 1. The second-order valence-electron chi connectivity index (χ2n) is 8.98. The lowest BCUT2D eigenvalue weighted by atomic mass is 9.70. The van der Waals surface area contributed by atoms with Crippen LogP contribution in [-0.4, -0.2) is 16.9 Å². The Kier molecular flexibility index (Phi) is 5.41. The SMILES string of the molecule is CCc1cc(C#Cc2ccc(C(C)(C)C(=O)O)cc2)cc2c1C(=O)CCC2(C)C. The molecular formula is C26H28O3. The van der Waals surface area contributed by atoms with Crippen molar-refractivity contribution in [1.82, 2.24) is 0 Å². The number of carboxylic acids is 1. The molecule has 0 heterocycles. The Morgan fingerprint density at radius 3 is 2.31 bits per heavy atom. The molecule has 0 saturated carbocycles. The highest BCUT2D eigenvalue weighted by atomic mass is 16.4. The van der Waals surface area contributed by atoms with Gasteiger partial charge in [0.25, 0.3) is 0 Å². The molecule has 0 saturated heterocycles. The Labute approximate surface area is 173 Å². The van der Waals surface area contributed by atoms with Crippen molar-refractivity contribution in [2.45, 2.75) is 64.7 Å². The smallest absolute Gasteiger partial charge is 0.313 e. The molecule has 3 heteroatoms. The van der Waals surface area contributed by atoms with Crippen molar-refractivity contribution in [3.63, 3.8) is 0 Å². The van der Waals surface area contributed by atoms with Crippen LogP contribution in [0.1, 0.15) is 85.6 Å². The molecule has 0 unspecified atom stereocenters. The highest BCUT2D eigenvalue weighted by Gasteiger charge is 2.33. The van der Waals surface area contributed by atoms with Gasteiger partial charge in [0.15, 0.2) is 5.78 Å². The molecule has 150 valence electrons. The molecule has 1 aliphatic carbocycles. The fourth-order valence-corrected chi connectivity index (χ4v) is 3.84. The summed E-state index contributed by atoms with van der Waals surface area (Å²) >= 11 is 0. The minimum Gasteiger partial charge on any atom is -0.481 e. The molecule has 1 aliphatic rings. The van der Waals surface area contributed by atoms with Gasteiger partial charge in [-0.25, -0.2) is 0 Å². The van der Waals surface area contributed by atoms with Crippen molar-refractivity contribution in [3.8, 4) is 11.8 Å². The van der Waals surface area contributed by atoms with E-state index in [1.807, 2.05) is 30.3 Å². The predicted molar refractivity (Wildman–Crippen MR) is 115 cm³/mol. The summed E-state index contributed by atoms with van der Waals surface area (Å²) in [5.74, 6) is 5.82. The summed E-state index contributed by atoms with van der Waals surface area (Å²) in [7, 11) is 0. The monoisotopic (exact) mass is 388 g/mol. The Hall–Kier alpha value is -2.86. The van der Waals surface area contributed by atoms with Gasteiger partial charge in [-0.05, 0) is 73.1 Å². The van der Waals surface area contributed by atoms with Gasteiger partial charge in [-0.2, -0.15) is 0 Å². The largest absolute Gasteiger partial charge is 0.481 e. The third kappa shape index (κ3) is 3.98. The topological polar surface area (TPSA) is 54.4 Å². The number of hydrogen-bond donors (Lipinski definition) is 1. The van der Waals surface area contributed by atoms with Crippen LogP contribution in [0.4, 0.5) is 0 Å². The van der Waals surface area contributed by atoms with Crippen LogP contribution in [0.15, 0.2) is 36.4 Å². The first kappa shape index (κ1) is 20.9. The molecule has 0 bridgehead atoms. The van der Waals surface area contributed by atoms with E-state index >= 15 is 0 Å². The van der Waals surface area contributed by atoms with Gasteiger partial charge in [-0.1, -0.05) is 44.7 Å². The number of aryl methyl sites for hydroxylation is 1. The summed E-state index contributed by atoms with van der Waals surface area (Å²) in [5.41, 5.74) is 4.61. The van der Waals surface area contributed by atoms with E-state index < -0.39 is 11.4 Å². The van der Waals surface area contributed by atoms with Crippen LogP contribution in [0.25, 0.3) is 0 Å². The van der Waals surface area contributed by atoms with Crippen molar-refractivity contribution in [2.75, 3.05) is 0 Å². The van der Waals surface area contributed by atoms with E-state index in [-0.39, 0.29) is 11.2 Å². The van der Waals surface area contributed by atoms with E-state index in [2.05, 4.69) is 38.7 Å². The Morgan fingerprint density at radius 2 is 1.72 bits per heavy atom. The molecule has 29 heavy (non-hydrogen) atoms. The minimum atomic E-state index is -0.932. The van der Waals surface area contributed by atoms with Gasteiger partial charge in [0, 0.05) is 23.1 Å². The molecule has 2 aromatic carbocycles. The third-order valence-corrected chi connectivity index (χ3v) is 6.08. The zero-order valence-electron chi connectivity index (χ0n) is 17.8. The molecule has 2 aromatic rings. The molecule has 0 radical (unpaired) electrons. The molecule has 0 fully saturated rings. The first-order valence-corrected chi connectivity index (χ1v) is 10.1. The van der Waals surface area contributed by atoms with E-state index in [1.165, 1.54) is 0 Å². The third-order valence-electron chi connectivity index (χ3n) is 6.08. The van der Waals surface area contributed by atoms with Crippen LogP contribution in [0.3, 0.4) is 0 Å². The number of carbonyl (C=O) groups excluding carboxylic acids is 1. The average Bonchev–Trinajstić information content (AvgIpc) is 2.69. The predicted octanol–water partition coefficient (Wildman–Crippen LogP) is 5.27. The van der Waals surface area contributed by atoms with Crippen molar-refractivity contribution in [2.24, 2.45) is 0 Å².